The molecule has 0 bridgehead atoms. The molecule has 20 heavy (non-hydrogen) atoms. The second kappa shape index (κ2) is 5.36. The van der Waals surface area contributed by atoms with E-state index in [-0.39, 0.29) is 11.3 Å². The van der Waals surface area contributed by atoms with Gasteiger partial charge in [-0.2, -0.15) is 5.26 Å². The molecule has 0 amide bonds. The van der Waals surface area contributed by atoms with E-state index in [2.05, 4.69) is 4.98 Å². The monoisotopic (exact) mass is 269 g/mol. The molecule has 1 N–H and O–H groups in total. The molecule has 0 fully saturated rings. The summed E-state index contributed by atoms with van der Waals surface area (Å²) in [4.78, 5) is 26.7. The number of hydrogen-bond acceptors (Lipinski definition) is 4. The molecular formula is C14H11N3O3. The summed E-state index contributed by atoms with van der Waals surface area (Å²) in [6, 6.07) is 9.02. The van der Waals surface area contributed by atoms with E-state index < -0.39 is 18.1 Å². The van der Waals surface area contributed by atoms with E-state index >= 15 is 0 Å². The van der Waals surface area contributed by atoms with Crippen molar-refractivity contribution in [3.8, 4) is 17.3 Å². The summed E-state index contributed by atoms with van der Waals surface area (Å²) in [6.45, 7) is 1.40. The molecule has 2 aromatic rings. The molecule has 6 nitrogen and oxygen atoms in total. The number of benzene rings is 1. The van der Waals surface area contributed by atoms with Crippen LogP contribution < -0.4 is 5.56 Å². The van der Waals surface area contributed by atoms with Gasteiger partial charge in [0.05, 0.1) is 12.0 Å². The molecule has 0 aliphatic carbocycles. The molecule has 0 spiro atoms. The van der Waals surface area contributed by atoms with Gasteiger partial charge in [-0.1, -0.05) is 29.8 Å². The number of nitrogens with zero attached hydrogens (tertiary/aromatic N) is 3. The van der Waals surface area contributed by atoms with Gasteiger partial charge in [-0.05, 0) is 6.92 Å². The van der Waals surface area contributed by atoms with Crippen LogP contribution in [-0.4, -0.2) is 20.6 Å². The van der Waals surface area contributed by atoms with Crippen molar-refractivity contribution in [2.45, 2.75) is 13.5 Å². The summed E-state index contributed by atoms with van der Waals surface area (Å²) in [5, 5.41) is 17.8. The van der Waals surface area contributed by atoms with Gasteiger partial charge in [0.25, 0.3) is 5.56 Å². The predicted molar refractivity (Wildman–Crippen MR) is 71.0 cm³/mol. The summed E-state index contributed by atoms with van der Waals surface area (Å²) in [7, 11) is 0. The number of carboxylic acid groups (broad SMARTS) is 1. The Labute approximate surface area is 114 Å². The Morgan fingerprint density at radius 1 is 1.40 bits per heavy atom. The number of aromatic nitrogens is 2. The normalized spacial score (nSPS) is 10.0. The highest BCUT2D eigenvalue weighted by Gasteiger charge is 2.14. The molecule has 0 unspecified atom stereocenters. The number of hydrogen-bond donors (Lipinski definition) is 1. The van der Waals surface area contributed by atoms with Gasteiger partial charge in [-0.25, -0.2) is 4.98 Å². The van der Waals surface area contributed by atoms with Gasteiger partial charge < -0.3 is 5.11 Å². The molecule has 1 aromatic heterocycles. The third-order valence-electron chi connectivity index (χ3n) is 2.78. The van der Waals surface area contributed by atoms with Crippen LogP contribution in [0.3, 0.4) is 0 Å². The molecule has 0 radical (unpaired) electrons. The number of aryl methyl sites for hydroxylation is 1. The van der Waals surface area contributed by atoms with Crippen LogP contribution in [0, 0.1) is 18.3 Å². The Hall–Kier alpha value is -2.94. The second-order valence-corrected chi connectivity index (χ2v) is 4.27. The van der Waals surface area contributed by atoms with E-state index in [0.29, 0.717) is 5.56 Å². The minimum absolute atomic E-state index is 0.155. The first-order valence-corrected chi connectivity index (χ1v) is 5.81. The maximum atomic E-state index is 12.0. The third-order valence-corrected chi connectivity index (χ3v) is 2.78. The van der Waals surface area contributed by atoms with Gasteiger partial charge in [-0.15, -0.1) is 0 Å². The van der Waals surface area contributed by atoms with E-state index in [1.54, 1.807) is 18.2 Å². The fraction of sp³-hybridized carbons (Fsp3) is 0.143. The van der Waals surface area contributed by atoms with Crippen molar-refractivity contribution in [3.05, 3.63) is 52.1 Å². The zero-order chi connectivity index (χ0) is 14.7. The number of nitriles is 1. The lowest BCUT2D eigenvalue weighted by atomic mass is 10.1. The van der Waals surface area contributed by atoms with Crippen LogP contribution in [-0.2, 0) is 11.3 Å². The first-order valence-electron chi connectivity index (χ1n) is 5.81. The molecule has 0 atom stereocenters. The zero-order valence-electron chi connectivity index (χ0n) is 10.7. The number of carboxylic acids is 1. The smallest absolute Gasteiger partial charge is 0.323 e. The summed E-state index contributed by atoms with van der Waals surface area (Å²) < 4.78 is 0.901. The molecule has 0 saturated carbocycles. The Balaban J connectivity index is 2.59. The molecule has 0 saturated heterocycles. The van der Waals surface area contributed by atoms with Crippen molar-refractivity contribution in [1.82, 2.24) is 9.55 Å². The lowest BCUT2D eigenvalue weighted by Crippen LogP contribution is -2.27. The van der Waals surface area contributed by atoms with E-state index in [1.165, 1.54) is 0 Å². The Bertz CT molecular complexity index is 755. The van der Waals surface area contributed by atoms with E-state index in [4.69, 9.17) is 10.4 Å². The van der Waals surface area contributed by atoms with Crippen LogP contribution in [0.2, 0.25) is 0 Å². The topological polar surface area (TPSA) is 96.0 Å². The molecule has 1 heterocycles. The fourth-order valence-electron chi connectivity index (χ4n) is 1.78. The largest absolute Gasteiger partial charge is 0.480 e. The minimum atomic E-state index is -1.17. The van der Waals surface area contributed by atoms with Crippen LogP contribution in [0.4, 0.5) is 0 Å². The average molecular weight is 269 g/mol. The van der Waals surface area contributed by atoms with Crippen molar-refractivity contribution in [2.75, 3.05) is 0 Å². The van der Waals surface area contributed by atoms with Crippen LogP contribution in [0.1, 0.15) is 11.1 Å². The first kappa shape index (κ1) is 13.5. The average Bonchev–Trinajstić information content (AvgIpc) is 2.41. The highest BCUT2D eigenvalue weighted by Crippen LogP contribution is 2.18. The number of rotatable bonds is 3. The standard InChI is InChI=1S/C14H11N3O3/c1-9-2-4-10(5-3-9)13-11(6-15)14(20)17(8-16-13)7-12(18)19/h2-5,8H,7H2,1H3,(H,18,19). The summed E-state index contributed by atoms with van der Waals surface area (Å²) >= 11 is 0. The first-order chi connectivity index (χ1) is 9.52. The lowest BCUT2D eigenvalue weighted by Gasteiger charge is -2.07. The SMILES string of the molecule is Cc1ccc(-c2ncn(CC(=O)O)c(=O)c2C#N)cc1. The van der Waals surface area contributed by atoms with Gasteiger partial charge in [0.15, 0.2) is 0 Å². The molecular weight excluding hydrogens is 258 g/mol. The van der Waals surface area contributed by atoms with Gasteiger partial charge >= 0.3 is 5.97 Å². The maximum absolute atomic E-state index is 12.0. The number of aliphatic carboxylic acids is 1. The van der Waals surface area contributed by atoms with Crippen LogP contribution >= 0.6 is 0 Å². The van der Waals surface area contributed by atoms with Crippen molar-refractivity contribution in [1.29, 1.82) is 5.26 Å². The predicted octanol–water partition coefficient (Wildman–Crippen LogP) is 1.18. The van der Waals surface area contributed by atoms with Crippen LogP contribution in [0.5, 0.6) is 0 Å². The van der Waals surface area contributed by atoms with Crippen molar-refractivity contribution in [2.24, 2.45) is 0 Å². The third kappa shape index (κ3) is 2.57. The van der Waals surface area contributed by atoms with Crippen molar-refractivity contribution < 1.29 is 9.90 Å². The van der Waals surface area contributed by atoms with E-state index in [9.17, 15) is 9.59 Å². The van der Waals surface area contributed by atoms with Crippen molar-refractivity contribution >= 4 is 5.97 Å². The fourth-order valence-corrected chi connectivity index (χ4v) is 1.78. The van der Waals surface area contributed by atoms with Crippen molar-refractivity contribution in [3.63, 3.8) is 0 Å². The molecule has 0 aliphatic rings. The highest BCUT2D eigenvalue weighted by molar-refractivity contribution is 5.68. The van der Waals surface area contributed by atoms with Gasteiger partial charge in [0.2, 0.25) is 0 Å². The van der Waals surface area contributed by atoms with Crippen LogP contribution in [0.25, 0.3) is 11.3 Å². The second-order valence-electron chi connectivity index (χ2n) is 4.27. The Morgan fingerprint density at radius 2 is 2.05 bits per heavy atom. The zero-order valence-corrected chi connectivity index (χ0v) is 10.7. The molecule has 0 aliphatic heterocycles. The lowest BCUT2D eigenvalue weighted by molar-refractivity contribution is -0.137. The molecule has 1 aromatic carbocycles. The highest BCUT2D eigenvalue weighted by atomic mass is 16.4. The summed E-state index contributed by atoms with van der Waals surface area (Å²) in [6.07, 6.45) is 1.15. The Morgan fingerprint density at radius 3 is 2.60 bits per heavy atom. The number of carbonyl (C=O) groups is 1. The van der Waals surface area contributed by atoms with E-state index in [0.717, 1.165) is 16.5 Å². The minimum Gasteiger partial charge on any atom is -0.480 e. The van der Waals surface area contributed by atoms with Crippen LogP contribution in [0.15, 0.2) is 35.4 Å². The molecule has 2 rings (SSSR count). The molecule has 6 heteroatoms. The van der Waals surface area contributed by atoms with Gasteiger partial charge in [0.1, 0.15) is 18.2 Å². The summed E-state index contributed by atoms with van der Waals surface area (Å²) in [5.41, 5.74) is 1.15. The van der Waals surface area contributed by atoms with E-state index in [1.807, 2.05) is 19.1 Å². The maximum Gasteiger partial charge on any atom is 0.323 e. The molecule has 100 valence electrons. The quantitative estimate of drug-likeness (QED) is 0.902. The van der Waals surface area contributed by atoms with Gasteiger partial charge in [0, 0.05) is 5.56 Å². The van der Waals surface area contributed by atoms with Gasteiger partial charge in [-0.3, -0.25) is 14.2 Å². The Kier molecular flexibility index (Phi) is 3.62. The summed E-state index contributed by atoms with van der Waals surface area (Å²) in [5.74, 6) is -1.17.